The third-order valence-electron chi connectivity index (χ3n) is 12.2. The number of esters is 3. The van der Waals surface area contributed by atoms with Gasteiger partial charge in [-0.1, -0.05) is 251 Å². The fourth-order valence-corrected chi connectivity index (χ4v) is 8.06. The van der Waals surface area contributed by atoms with Gasteiger partial charge in [0.1, 0.15) is 13.2 Å². The van der Waals surface area contributed by atoms with E-state index >= 15 is 0 Å². The van der Waals surface area contributed by atoms with Gasteiger partial charge in [-0.3, -0.25) is 14.4 Å². The summed E-state index contributed by atoms with van der Waals surface area (Å²) in [7, 11) is 0. The zero-order valence-corrected chi connectivity index (χ0v) is 41.7. The number of carbonyl (C=O) groups excluding carboxylic acids is 3. The Kier molecular flexibility index (Phi) is 49.8. The number of allylic oxidation sites excluding steroid dienone is 4. The second-order valence-corrected chi connectivity index (χ2v) is 18.5. The summed E-state index contributed by atoms with van der Waals surface area (Å²) in [6.07, 6.45) is 58.8. The van der Waals surface area contributed by atoms with Crippen molar-refractivity contribution < 1.29 is 28.6 Å². The Hall–Kier alpha value is -2.11. The topological polar surface area (TPSA) is 78.9 Å². The zero-order valence-electron chi connectivity index (χ0n) is 41.7. The first-order chi connectivity index (χ1) is 30.5. The van der Waals surface area contributed by atoms with Crippen molar-refractivity contribution in [2.75, 3.05) is 13.2 Å². The Balaban J connectivity index is 4.31. The molecule has 0 aliphatic carbocycles. The number of hydrogen-bond acceptors (Lipinski definition) is 6. The van der Waals surface area contributed by atoms with Crippen LogP contribution < -0.4 is 0 Å². The molecule has 0 fully saturated rings. The molecule has 0 saturated heterocycles. The molecular formula is C56H104O6. The maximum Gasteiger partial charge on any atom is 0.306 e. The molecule has 6 nitrogen and oxygen atoms in total. The monoisotopic (exact) mass is 873 g/mol. The molecule has 0 N–H and O–H groups in total. The van der Waals surface area contributed by atoms with Gasteiger partial charge in [0.05, 0.1) is 0 Å². The van der Waals surface area contributed by atoms with Crippen molar-refractivity contribution in [2.24, 2.45) is 0 Å². The van der Waals surface area contributed by atoms with Crippen molar-refractivity contribution >= 4 is 17.9 Å². The Morgan fingerprint density at radius 3 is 0.919 bits per heavy atom. The van der Waals surface area contributed by atoms with Gasteiger partial charge in [-0.05, 0) is 51.4 Å². The SMILES string of the molecule is CCCCC/C=C\C/C=C\CCCCCCCC(=O)O[C@H](COC(=O)CCCCCCCCCCCCC)COC(=O)CCCCCCCCCCCCCCCCCCCC. The van der Waals surface area contributed by atoms with Gasteiger partial charge in [0.25, 0.3) is 0 Å². The summed E-state index contributed by atoms with van der Waals surface area (Å²) in [5.41, 5.74) is 0. The lowest BCUT2D eigenvalue weighted by atomic mass is 10.0. The lowest BCUT2D eigenvalue weighted by Crippen LogP contribution is -2.30. The van der Waals surface area contributed by atoms with Crippen molar-refractivity contribution in [1.29, 1.82) is 0 Å². The van der Waals surface area contributed by atoms with E-state index in [0.29, 0.717) is 19.3 Å². The van der Waals surface area contributed by atoms with Gasteiger partial charge in [-0.15, -0.1) is 0 Å². The van der Waals surface area contributed by atoms with E-state index in [2.05, 4.69) is 45.1 Å². The highest BCUT2D eigenvalue weighted by molar-refractivity contribution is 5.71. The van der Waals surface area contributed by atoms with E-state index in [1.54, 1.807) is 0 Å². The highest BCUT2D eigenvalue weighted by Gasteiger charge is 2.19. The standard InChI is InChI=1S/C56H104O6/c1-4-7-10-13-16-19-22-24-26-27-28-30-31-34-37-40-43-46-49-55(58)61-52-53(51-60-54(57)48-45-42-39-36-33-21-18-15-12-9-6-3)62-56(59)50-47-44-41-38-35-32-29-25-23-20-17-14-11-8-5-2/h17,20,25,29,53H,4-16,18-19,21-24,26-28,30-52H2,1-3H3/b20-17-,29-25-/t53-/m1/s1. The van der Waals surface area contributed by atoms with Crippen molar-refractivity contribution in [3.8, 4) is 0 Å². The smallest absolute Gasteiger partial charge is 0.306 e. The Bertz CT molecular complexity index is 1000. The molecule has 0 aromatic rings. The predicted octanol–water partition coefficient (Wildman–Crippen LogP) is 17.9. The van der Waals surface area contributed by atoms with Gasteiger partial charge in [-0.25, -0.2) is 0 Å². The quantitative estimate of drug-likeness (QED) is 0.0262. The fraction of sp³-hybridized carbons (Fsp3) is 0.875. The normalized spacial score (nSPS) is 12.1. The summed E-state index contributed by atoms with van der Waals surface area (Å²) < 4.78 is 16.8. The molecular weight excluding hydrogens is 769 g/mol. The van der Waals surface area contributed by atoms with Gasteiger partial charge >= 0.3 is 17.9 Å². The Morgan fingerprint density at radius 2 is 0.581 bits per heavy atom. The molecule has 0 aromatic carbocycles. The van der Waals surface area contributed by atoms with Crippen LogP contribution in [0.25, 0.3) is 0 Å². The summed E-state index contributed by atoms with van der Waals surface area (Å²) in [4.78, 5) is 38.0. The van der Waals surface area contributed by atoms with E-state index in [-0.39, 0.29) is 31.1 Å². The molecule has 0 unspecified atom stereocenters. The molecule has 0 amide bonds. The van der Waals surface area contributed by atoms with E-state index in [1.165, 1.54) is 180 Å². The molecule has 0 heterocycles. The highest BCUT2D eigenvalue weighted by Crippen LogP contribution is 2.16. The lowest BCUT2D eigenvalue weighted by molar-refractivity contribution is -0.167. The molecule has 0 bridgehead atoms. The average molecular weight is 873 g/mol. The Morgan fingerprint density at radius 1 is 0.323 bits per heavy atom. The third-order valence-corrected chi connectivity index (χ3v) is 12.2. The maximum absolute atomic E-state index is 12.8. The van der Waals surface area contributed by atoms with Crippen LogP contribution in [0.5, 0.6) is 0 Å². The molecule has 62 heavy (non-hydrogen) atoms. The van der Waals surface area contributed by atoms with E-state index in [0.717, 1.165) is 77.0 Å². The van der Waals surface area contributed by atoms with Gasteiger partial charge in [0.15, 0.2) is 6.10 Å². The molecule has 0 aliphatic rings. The molecule has 1 atom stereocenters. The number of hydrogen-bond donors (Lipinski definition) is 0. The first-order valence-electron chi connectivity index (χ1n) is 27.3. The first-order valence-corrected chi connectivity index (χ1v) is 27.3. The molecule has 0 aromatic heterocycles. The minimum absolute atomic E-state index is 0.0719. The van der Waals surface area contributed by atoms with Crippen molar-refractivity contribution in [2.45, 2.75) is 303 Å². The van der Waals surface area contributed by atoms with E-state index in [4.69, 9.17) is 14.2 Å². The highest BCUT2D eigenvalue weighted by atomic mass is 16.6. The van der Waals surface area contributed by atoms with Gasteiger partial charge in [0.2, 0.25) is 0 Å². The van der Waals surface area contributed by atoms with E-state index < -0.39 is 6.10 Å². The number of rotatable bonds is 50. The molecule has 364 valence electrons. The second kappa shape index (κ2) is 51.5. The maximum atomic E-state index is 12.8. The van der Waals surface area contributed by atoms with E-state index in [1.807, 2.05) is 0 Å². The van der Waals surface area contributed by atoms with Crippen LogP contribution in [0.4, 0.5) is 0 Å². The third kappa shape index (κ3) is 48.9. The minimum atomic E-state index is -0.772. The Labute approximate surface area is 385 Å². The lowest BCUT2D eigenvalue weighted by Gasteiger charge is -2.18. The molecule has 0 saturated carbocycles. The van der Waals surface area contributed by atoms with Crippen LogP contribution in [0.1, 0.15) is 297 Å². The van der Waals surface area contributed by atoms with Crippen molar-refractivity contribution in [3.63, 3.8) is 0 Å². The van der Waals surface area contributed by atoms with Crippen LogP contribution in [0.3, 0.4) is 0 Å². The summed E-state index contributed by atoms with van der Waals surface area (Å²) in [5, 5.41) is 0. The summed E-state index contributed by atoms with van der Waals surface area (Å²) in [5.74, 6) is -0.869. The molecule has 0 aliphatic heterocycles. The van der Waals surface area contributed by atoms with Crippen molar-refractivity contribution in [1.82, 2.24) is 0 Å². The first kappa shape index (κ1) is 59.9. The van der Waals surface area contributed by atoms with Crippen LogP contribution in [0, 0.1) is 0 Å². The summed E-state index contributed by atoms with van der Waals surface area (Å²) >= 11 is 0. The molecule has 0 rings (SSSR count). The molecule has 0 radical (unpaired) electrons. The number of unbranched alkanes of at least 4 members (excludes halogenated alkanes) is 35. The zero-order chi connectivity index (χ0) is 45.1. The largest absolute Gasteiger partial charge is 0.462 e. The van der Waals surface area contributed by atoms with Crippen LogP contribution in [-0.2, 0) is 28.6 Å². The number of ether oxygens (including phenoxy) is 3. The predicted molar refractivity (Wildman–Crippen MR) is 266 cm³/mol. The number of carbonyl (C=O) groups is 3. The van der Waals surface area contributed by atoms with Crippen LogP contribution in [0.2, 0.25) is 0 Å². The van der Waals surface area contributed by atoms with E-state index in [9.17, 15) is 14.4 Å². The minimum Gasteiger partial charge on any atom is -0.462 e. The summed E-state index contributed by atoms with van der Waals surface area (Å²) in [6, 6.07) is 0. The fourth-order valence-electron chi connectivity index (χ4n) is 8.06. The molecule has 0 spiro atoms. The average Bonchev–Trinajstić information content (AvgIpc) is 3.27. The van der Waals surface area contributed by atoms with Crippen LogP contribution in [0.15, 0.2) is 24.3 Å². The summed E-state index contributed by atoms with van der Waals surface area (Å²) in [6.45, 7) is 6.63. The second-order valence-electron chi connectivity index (χ2n) is 18.5. The van der Waals surface area contributed by atoms with Gasteiger partial charge in [-0.2, -0.15) is 0 Å². The van der Waals surface area contributed by atoms with Crippen LogP contribution >= 0.6 is 0 Å². The van der Waals surface area contributed by atoms with Gasteiger partial charge in [0, 0.05) is 19.3 Å². The molecule has 6 heteroatoms. The van der Waals surface area contributed by atoms with Crippen LogP contribution in [-0.4, -0.2) is 37.2 Å². The van der Waals surface area contributed by atoms with Gasteiger partial charge < -0.3 is 14.2 Å². The van der Waals surface area contributed by atoms with Crippen molar-refractivity contribution in [3.05, 3.63) is 24.3 Å².